The molecule has 0 aromatic carbocycles. The third-order valence-electron chi connectivity index (χ3n) is 38.8. The molecule has 0 radical (unpaired) electrons. The monoisotopic (exact) mass is 1990 g/mol. The lowest BCUT2D eigenvalue weighted by Gasteiger charge is -2.60. The summed E-state index contributed by atoms with van der Waals surface area (Å²) in [7, 11) is 2.15. The Morgan fingerprint density at radius 3 is 1.14 bits per heavy atom. The molecular formula is C105H169F6N25O6. The zero-order valence-corrected chi connectivity index (χ0v) is 86.3. The summed E-state index contributed by atoms with van der Waals surface area (Å²) in [5.74, 6) is -0.109. The first-order valence-electron chi connectivity index (χ1n) is 55.4. The van der Waals surface area contributed by atoms with Crippen LogP contribution in [0.25, 0.3) is 0 Å². The van der Waals surface area contributed by atoms with E-state index in [1.807, 2.05) is 38.7 Å². The van der Waals surface area contributed by atoms with Gasteiger partial charge in [0.25, 0.3) is 0 Å². The lowest BCUT2D eigenvalue weighted by Crippen LogP contribution is -2.80. The molecule has 6 saturated carbocycles. The number of piperazine rings is 3. The Morgan fingerprint density at radius 1 is 0.373 bits per heavy atom. The maximum absolute atomic E-state index is 17.0. The van der Waals surface area contributed by atoms with Crippen LogP contribution in [-0.2, 0) is 14.4 Å². The number of hydrazine groups is 6. The highest BCUT2D eigenvalue weighted by Crippen LogP contribution is 2.53. The number of piperidine rings is 3. The first kappa shape index (κ1) is 103. The van der Waals surface area contributed by atoms with E-state index in [4.69, 9.17) is 0 Å². The van der Waals surface area contributed by atoms with E-state index in [-0.39, 0.29) is 151 Å². The molecule has 37 heteroatoms. The van der Waals surface area contributed by atoms with Crippen molar-refractivity contribution in [2.24, 2.45) is 82.9 Å². The number of carbonyl (C=O) groups excluding carboxylic acids is 6. The summed E-state index contributed by atoms with van der Waals surface area (Å²) in [6.45, 7) is 39.3. The normalized spacial score (nSPS) is 43.6. The Hall–Kier alpha value is -7.36. The number of nitrogens with one attached hydrogen (secondary N) is 12. The van der Waals surface area contributed by atoms with Gasteiger partial charge in [-0.1, -0.05) is 80.5 Å². The molecule has 15 aliphatic heterocycles. The summed E-state index contributed by atoms with van der Waals surface area (Å²) in [6, 6.07) is -3.46. The molecule has 9 amide bonds. The number of nitrogens with zero attached hydrogens (tertiary/aromatic N) is 13. The van der Waals surface area contributed by atoms with E-state index in [9.17, 15) is 28.8 Å². The molecular weight excluding hydrogens is 1820 g/mol. The SMILES string of the molecule is C=CC(=O)N1CCN(C2NC(=O)N3C4NC(C(F)CC42)C2C(F)CCCC2N2C=C(CN(C)C4CCCC(C(C)C)C43)NN2)[C@@H](C)C1.C=CC(=O)N1C[C@H](C)N(C2NC(=O)N3C4NC(C(F)CC42)C2C(F)CCCC2N2C=C(CCC4CCCC(C(C)C)C43)NN2)C[C@H]1C.C=CC(=O)N1C[C@H](C)N(C2NC(=O)N3C4NC(C(F)CC42)C2C(F)CCCC2N2C=C(CCCC4CCCC(C(C)C)C43)NN2)C[C@H]1C. The smallest absolute Gasteiger partial charge is 0.320 e. The van der Waals surface area contributed by atoms with Crippen LogP contribution in [-0.4, -0.2) is 324 Å². The Kier molecular flexibility index (Phi) is 31.3. The molecule has 0 aromatic heterocycles. The average Bonchev–Trinajstić information content (AvgIpc) is 1.33. The van der Waals surface area contributed by atoms with Gasteiger partial charge in [-0.15, -0.1) is 16.6 Å². The third-order valence-corrected chi connectivity index (χ3v) is 38.8. The first-order valence-corrected chi connectivity index (χ1v) is 55.4. The number of hydrogen-bond donors (Lipinski definition) is 12. The fourth-order valence-electron chi connectivity index (χ4n) is 32.0. The van der Waals surface area contributed by atoms with Gasteiger partial charge in [0.05, 0.1) is 66.9 Å². The maximum Gasteiger partial charge on any atom is 0.320 e. The first-order chi connectivity index (χ1) is 68.2. The Labute approximate surface area is 839 Å². The molecule has 38 atom stereocenters. The Balaban J connectivity index is 0.000000135. The topological polar surface area (TPSA) is 289 Å². The molecule has 15 fully saturated rings. The fraction of sp³-hybridized carbons (Fsp3) is 0.829. The van der Waals surface area contributed by atoms with Crippen molar-refractivity contribution in [3.63, 3.8) is 0 Å². The van der Waals surface area contributed by atoms with Crippen molar-refractivity contribution in [1.82, 2.24) is 129 Å². The molecule has 21 aliphatic rings. The summed E-state index contributed by atoms with van der Waals surface area (Å²) in [5, 5.41) is 27.4. The summed E-state index contributed by atoms with van der Waals surface area (Å²) in [5.41, 5.74) is 23.0. The number of allylic oxidation sites excluding steroid dienone is 2. The Bertz CT molecular complexity index is 4600. The van der Waals surface area contributed by atoms with E-state index in [0.29, 0.717) is 113 Å². The number of halogens is 6. The number of fused-ring (bicyclic) bond motifs is 21. The summed E-state index contributed by atoms with van der Waals surface area (Å²) in [6.07, 6.45) is 21.3. The lowest BCUT2D eigenvalue weighted by molar-refractivity contribution is -0.137. The van der Waals surface area contributed by atoms with Gasteiger partial charge in [-0.25, -0.2) is 40.7 Å². The van der Waals surface area contributed by atoms with Gasteiger partial charge in [-0.05, 0) is 255 Å². The number of hydrogen-bond acceptors (Lipinski definition) is 22. The highest BCUT2D eigenvalue weighted by Gasteiger charge is 2.65. The summed E-state index contributed by atoms with van der Waals surface area (Å²) < 4.78 is 99.3. The second-order valence-electron chi connectivity index (χ2n) is 47.9. The molecule has 15 heterocycles. The van der Waals surface area contributed by atoms with Gasteiger partial charge < -0.3 is 61.6 Å². The van der Waals surface area contributed by atoms with Crippen LogP contribution in [0, 0.1) is 82.9 Å². The van der Waals surface area contributed by atoms with Crippen LogP contribution in [0.1, 0.15) is 243 Å². The van der Waals surface area contributed by atoms with Crippen LogP contribution in [0.5, 0.6) is 0 Å². The van der Waals surface area contributed by atoms with Gasteiger partial charge in [0.15, 0.2) is 0 Å². The van der Waals surface area contributed by atoms with Gasteiger partial charge in [0.2, 0.25) is 17.7 Å². The highest BCUT2D eigenvalue weighted by atomic mass is 19.2. The van der Waals surface area contributed by atoms with E-state index in [2.05, 4.69) is 207 Å². The van der Waals surface area contributed by atoms with Crippen molar-refractivity contribution in [2.45, 2.75) is 408 Å². The fourth-order valence-corrected chi connectivity index (χ4v) is 32.0. The van der Waals surface area contributed by atoms with E-state index >= 15 is 26.3 Å². The van der Waals surface area contributed by atoms with Crippen LogP contribution in [0.15, 0.2) is 73.7 Å². The number of urea groups is 3. The maximum atomic E-state index is 17.0. The van der Waals surface area contributed by atoms with Crippen molar-refractivity contribution in [3.05, 3.63) is 73.7 Å². The van der Waals surface area contributed by atoms with Gasteiger partial charge in [-0.2, -0.15) is 0 Å². The zero-order chi connectivity index (χ0) is 100. The van der Waals surface area contributed by atoms with Crippen LogP contribution in [0.4, 0.5) is 40.7 Å². The molecule has 0 spiro atoms. The number of likely N-dealkylation sites (N-methyl/N-ethyl adjacent to an activating group) is 1. The number of carbonyl (C=O) groups is 6. The van der Waals surface area contributed by atoms with E-state index in [1.165, 1.54) is 18.2 Å². The molecule has 142 heavy (non-hydrogen) atoms. The zero-order valence-electron chi connectivity index (χ0n) is 86.3. The Morgan fingerprint density at radius 2 is 0.725 bits per heavy atom. The quantitative estimate of drug-likeness (QED) is 0.0755. The van der Waals surface area contributed by atoms with E-state index in [0.717, 1.165) is 146 Å². The number of amides is 9. The van der Waals surface area contributed by atoms with Crippen molar-refractivity contribution >= 4 is 35.8 Å². The van der Waals surface area contributed by atoms with Gasteiger partial charge in [-0.3, -0.25) is 65.0 Å². The van der Waals surface area contributed by atoms with Crippen molar-refractivity contribution < 1.29 is 55.1 Å². The summed E-state index contributed by atoms with van der Waals surface area (Å²) in [4.78, 5) is 103. The minimum Gasteiger partial charge on any atom is -0.336 e. The molecule has 6 aliphatic carbocycles. The largest absolute Gasteiger partial charge is 0.336 e. The lowest BCUT2D eigenvalue weighted by atomic mass is 9.68. The predicted molar refractivity (Wildman–Crippen MR) is 533 cm³/mol. The third kappa shape index (κ3) is 19.7. The predicted octanol–water partition coefficient (Wildman–Crippen LogP) is 10.9. The average molecular weight is 1990 g/mol. The van der Waals surface area contributed by atoms with Crippen molar-refractivity contribution in [1.29, 1.82) is 0 Å². The van der Waals surface area contributed by atoms with Crippen LogP contribution >= 0.6 is 0 Å². The second-order valence-corrected chi connectivity index (χ2v) is 47.9. The van der Waals surface area contributed by atoms with Crippen LogP contribution in [0.2, 0.25) is 0 Å². The van der Waals surface area contributed by atoms with Crippen LogP contribution < -0.4 is 64.8 Å². The minimum atomic E-state index is -1.28. The second kappa shape index (κ2) is 43.1. The number of alkyl halides is 6. The van der Waals surface area contributed by atoms with Gasteiger partial charge in [0, 0.05) is 184 Å². The molecule has 792 valence electrons. The van der Waals surface area contributed by atoms with Gasteiger partial charge in [0.1, 0.15) is 37.0 Å². The van der Waals surface area contributed by atoms with E-state index < -0.39 is 110 Å². The molecule has 12 bridgehead atoms. The van der Waals surface area contributed by atoms with Gasteiger partial charge >= 0.3 is 18.1 Å². The molecule has 12 N–H and O–H groups in total. The molecule has 31 nitrogen and oxygen atoms in total. The standard InChI is InChI=1S/C36H58F2N8O2.C35H56F2N8O2.C34H55F2N9O2/c1-6-30(47)43-17-22(5)44(18-21(43)4)34-26-16-28(38)32-31-27(37)14-9-15-29(31)45-19-24(41-42-45)12-7-10-23-11-8-13-25(20(2)3)33(23)46(35(26)39-32)36(48)40-34;1-6-29(46)42-16-21(5)43(17-20(42)4)33-25-15-27(37)31-30-26(36)11-8-12-28(30)44-18-23(40-41-44)14-13-22-9-7-10-24(19(2)3)32(22)45(34(25)38-31)35(47)39-33;1-6-28(46)42-13-14-43(20(4)16-42)32-23-15-25(36)30-29-24(35)10-8-11-26(29)44-18-21(39-40-44)17-41(5)27-12-7-9-22(19(2)3)31(27)45(33(23)37-30)34(47)38-32/h6,19-23,25-29,31-35,39,41-42H,1,7-18H2,2-5H3,(H,40,48);6,18-22,24-28,30-34,38,40-41H,1,7-17H2,2-5H3,(H,39,47);6,18-20,22-27,29-33,37,39-40H,1,7-17H2,2-5H3,(H,38,47)/t21-,22+,23?,25?,26?,27?,28?,29?,31?,32?,33?,34?,35?;20-,21+,22?,24?,25?,26?,27?,28?,30?,31?,32?,33?,34?;20-,22?,23?,24?,25?,26?,27?,29?,30?,31?,32?,33?/m110/s1. The molecule has 9 saturated heterocycles. The summed E-state index contributed by atoms with van der Waals surface area (Å²) >= 11 is 0. The molecule has 33 unspecified atom stereocenters. The minimum absolute atomic E-state index is 0.00457. The molecule has 0 aromatic rings. The van der Waals surface area contributed by atoms with Crippen molar-refractivity contribution in [2.75, 3.05) is 59.4 Å². The van der Waals surface area contributed by atoms with Crippen LogP contribution in [0.3, 0.4) is 0 Å². The highest BCUT2D eigenvalue weighted by molar-refractivity contribution is 5.88. The van der Waals surface area contributed by atoms with E-state index in [1.54, 1.807) is 4.90 Å². The van der Waals surface area contributed by atoms with Crippen molar-refractivity contribution in [3.8, 4) is 0 Å². The number of rotatable bonds is 9. The molecule has 21 rings (SSSR count).